The molecule has 12 heavy (non-hydrogen) atoms. The van der Waals surface area contributed by atoms with Gasteiger partial charge in [0.2, 0.25) is 0 Å². The highest BCUT2D eigenvalue weighted by molar-refractivity contribution is 5.22. The summed E-state index contributed by atoms with van der Waals surface area (Å²) >= 11 is 0. The summed E-state index contributed by atoms with van der Waals surface area (Å²) in [6.07, 6.45) is 10.3. The van der Waals surface area contributed by atoms with Crippen LogP contribution in [0.4, 0.5) is 0 Å². The van der Waals surface area contributed by atoms with Crippen molar-refractivity contribution in [2.45, 2.75) is 39.2 Å². The Kier molecular flexibility index (Phi) is 4.09. The highest BCUT2D eigenvalue weighted by atomic mass is 14.9. The Labute approximate surface area is 75.6 Å². The number of rotatable bonds is 5. The molecule has 0 bridgehead atoms. The molecule has 0 heterocycles. The Morgan fingerprint density at radius 3 is 2.92 bits per heavy atom. The van der Waals surface area contributed by atoms with Gasteiger partial charge in [-0.15, -0.1) is 0 Å². The molecule has 0 fully saturated rings. The minimum absolute atomic E-state index is 0.626. The van der Waals surface area contributed by atoms with Gasteiger partial charge in [-0.1, -0.05) is 37.6 Å². The van der Waals surface area contributed by atoms with Gasteiger partial charge in [0.15, 0.2) is 0 Å². The van der Waals surface area contributed by atoms with Crippen molar-refractivity contribution < 1.29 is 0 Å². The van der Waals surface area contributed by atoms with Gasteiger partial charge in [-0.2, -0.15) is 0 Å². The molecule has 1 heteroatoms. The van der Waals surface area contributed by atoms with Crippen molar-refractivity contribution >= 4 is 0 Å². The van der Waals surface area contributed by atoms with Crippen LogP contribution in [0.25, 0.3) is 0 Å². The van der Waals surface area contributed by atoms with Crippen molar-refractivity contribution in [2.24, 2.45) is 0 Å². The summed E-state index contributed by atoms with van der Waals surface area (Å²) in [6, 6.07) is 0.626. The van der Waals surface area contributed by atoms with Gasteiger partial charge in [0.25, 0.3) is 0 Å². The van der Waals surface area contributed by atoms with Crippen LogP contribution in [0.5, 0.6) is 0 Å². The quantitative estimate of drug-likeness (QED) is 0.617. The average Bonchev–Trinajstić information content (AvgIpc) is 2.49. The topological polar surface area (TPSA) is 12.0 Å². The van der Waals surface area contributed by atoms with Gasteiger partial charge in [0.1, 0.15) is 0 Å². The van der Waals surface area contributed by atoms with E-state index in [1.807, 2.05) is 0 Å². The third-order valence-electron chi connectivity index (χ3n) is 2.08. The summed E-state index contributed by atoms with van der Waals surface area (Å²) in [7, 11) is 0. The van der Waals surface area contributed by atoms with Gasteiger partial charge in [-0.25, -0.2) is 0 Å². The minimum Gasteiger partial charge on any atom is -0.315 e. The minimum atomic E-state index is 0.626. The zero-order valence-corrected chi connectivity index (χ0v) is 8.14. The lowest BCUT2D eigenvalue weighted by Gasteiger charge is -2.07. The van der Waals surface area contributed by atoms with Crippen molar-refractivity contribution in [3.63, 3.8) is 0 Å². The van der Waals surface area contributed by atoms with Gasteiger partial charge < -0.3 is 5.32 Å². The molecule has 0 saturated carbocycles. The molecule has 0 aromatic heterocycles. The molecule has 0 aromatic rings. The molecule has 1 aliphatic carbocycles. The van der Waals surface area contributed by atoms with E-state index in [4.69, 9.17) is 0 Å². The Morgan fingerprint density at radius 2 is 2.33 bits per heavy atom. The maximum atomic E-state index is 3.42. The summed E-state index contributed by atoms with van der Waals surface area (Å²) in [5.74, 6) is 0. The van der Waals surface area contributed by atoms with Crippen molar-refractivity contribution in [2.75, 3.05) is 6.54 Å². The summed E-state index contributed by atoms with van der Waals surface area (Å²) in [5, 5.41) is 3.42. The smallest absolute Gasteiger partial charge is 0.00103 e. The first-order valence-corrected chi connectivity index (χ1v) is 4.87. The fourth-order valence-corrected chi connectivity index (χ4v) is 1.38. The summed E-state index contributed by atoms with van der Waals surface area (Å²) in [6.45, 7) is 5.53. The maximum Gasteiger partial charge on any atom is 0.00103 e. The lowest BCUT2D eigenvalue weighted by atomic mass is 10.1. The molecule has 0 amide bonds. The van der Waals surface area contributed by atoms with E-state index in [9.17, 15) is 0 Å². The first-order valence-electron chi connectivity index (χ1n) is 4.87. The van der Waals surface area contributed by atoms with Crippen molar-refractivity contribution in [1.29, 1.82) is 0 Å². The largest absolute Gasteiger partial charge is 0.315 e. The Balaban J connectivity index is 1.96. The van der Waals surface area contributed by atoms with Gasteiger partial charge in [-0.3, -0.25) is 0 Å². The second-order valence-corrected chi connectivity index (χ2v) is 3.67. The van der Waals surface area contributed by atoms with Crippen LogP contribution in [-0.2, 0) is 0 Å². The lowest BCUT2D eigenvalue weighted by Crippen LogP contribution is -2.23. The summed E-state index contributed by atoms with van der Waals surface area (Å²) in [4.78, 5) is 0. The molecule has 0 spiro atoms. The highest BCUT2D eigenvalue weighted by Crippen LogP contribution is 2.15. The fraction of sp³-hybridized carbons (Fsp3) is 0.636. The lowest BCUT2D eigenvalue weighted by molar-refractivity contribution is 0.569. The molecule has 1 nitrogen and oxygen atoms in total. The zero-order valence-electron chi connectivity index (χ0n) is 8.14. The molecule has 1 rings (SSSR count). The van der Waals surface area contributed by atoms with Crippen LogP contribution < -0.4 is 5.32 Å². The Morgan fingerprint density at radius 1 is 1.50 bits per heavy atom. The average molecular weight is 165 g/mol. The van der Waals surface area contributed by atoms with Gasteiger partial charge >= 0.3 is 0 Å². The van der Waals surface area contributed by atoms with Crippen LogP contribution in [-0.4, -0.2) is 12.6 Å². The van der Waals surface area contributed by atoms with Crippen molar-refractivity contribution in [1.82, 2.24) is 5.32 Å². The van der Waals surface area contributed by atoms with E-state index in [1.165, 1.54) is 19.3 Å². The molecule has 68 valence electrons. The predicted octanol–water partition coefficient (Wildman–Crippen LogP) is 2.65. The predicted molar refractivity (Wildman–Crippen MR) is 54.2 cm³/mol. The number of allylic oxidation sites excluding steroid dienone is 4. The SMILES string of the molecule is CC(C)NCCCC1=CC=CC1. The molecule has 0 aromatic carbocycles. The summed E-state index contributed by atoms with van der Waals surface area (Å²) in [5.41, 5.74) is 1.58. The second-order valence-electron chi connectivity index (χ2n) is 3.67. The van der Waals surface area contributed by atoms with E-state index in [-0.39, 0.29) is 0 Å². The van der Waals surface area contributed by atoms with Crippen LogP contribution >= 0.6 is 0 Å². The third kappa shape index (κ3) is 3.72. The first-order chi connectivity index (χ1) is 5.79. The standard InChI is InChI=1S/C11H19N/c1-10(2)12-9-5-8-11-6-3-4-7-11/h3-4,6,10,12H,5,7-9H2,1-2H3. The third-order valence-corrected chi connectivity index (χ3v) is 2.08. The van der Waals surface area contributed by atoms with Crippen LogP contribution in [0.2, 0.25) is 0 Å². The maximum absolute atomic E-state index is 3.42. The van der Waals surface area contributed by atoms with E-state index in [1.54, 1.807) is 5.57 Å². The fourth-order valence-electron chi connectivity index (χ4n) is 1.38. The van der Waals surface area contributed by atoms with Crippen molar-refractivity contribution in [3.8, 4) is 0 Å². The molecular weight excluding hydrogens is 146 g/mol. The Hall–Kier alpha value is -0.560. The van der Waals surface area contributed by atoms with Gasteiger partial charge in [0, 0.05) is 6.04 Å². The second kappa shape index (κ2) is 5.15. The Bertz CT molecular complexity index is 177. The van der Waals surface area contributed by atoms with Crippen LogP contribution in [0.1, 0.15) is 33.1 Å². The first kappa shape index (κ1) is 9.53. The molecule has 1 N–H and O–H groups in total. The molecule has 0 unspecified atom stereocenters. The van der Waals surface area contributed by atoms with Gasteiger partial charge in [0.05, 0.1) is 0 Å². The molecule has 0 aliphatic heterocycles. The number of hydrogen-bond acceptors (Lipinski definition) is 1. The number of hydrogen-bond donors (Lipinski definition) is 1. The molecule has 0 atom stereocenters. The van der Waals surface area contributed by atoms with Crippen LogP contribution in [0.15, 0.2) is 23.8 Å². The van der Waals surface area contributed by atoms with Crippen LogP contribution in [0.3, 0.4) is 0 Å². The van der Waals surface area contributed by atoms with Crippen LogP contribution in [0, 0.1) is 0 Å². The zero-order chi connectivity index (χ0) is 8.81. The van der Waals surface area contributed by atoms with Crippen molar-refractivity contribution in [3.05, 3.63) is 23.8 Å². The van der Waals surface area contributed by atoms with E-state index < -0.39 is 0 Å². The normalized spacial score (nSPS) is 15.8. The van der Waals surface area contributed by atoms with E-state index >= 15 is 0 Å². The highest BCUT2D eigenvalue weighted by Gasteiger charge is 1.98. The summed E-state index contributed by atoms with van der Waals surface area (Å²) < 4.78 is 0. The monoisotopic (exact) mass is 165 g/mol. The molecular formula is C11H19N. The van der Waals surface area contributed by atoms with Gasteiger partial charge in [-0.05, 0) is 25.8 Å². The number of nitrogens with one attached hydrogen (secondary N) is 1. The molecule has 1 aliphatic rings. The van der Waals surface area contributed by atoms with E-state index in [2.05, 4.69) is 37.4 Å². The van der Waals surface area contributed by atoms with E-state index in [0.717, 1.165) is 6.54 Å². The molecule has 0 radical (unpaired) electrons. The van der Waals surface area contributed by atoms with E-state index in [0.29, 0.717) is 6.04 Å². The molecule has 0 saturated heterocycles.